The van der Waals surface area contributed by atoms with Crippen molar-refractivity contribution in [1.29, 1.82) is 0 Å². The van der Waals surface area contributed by atoms with E-state index in [-0.39, 0.29) is 0 Å². The summed E-state index contributed by atoms with van der Waals surface area (Å²) in [5.74, 6) is 3.25. The van der Waals surface area contributed by atoms with Crippen LogP contribution < -0.4 is 19.5 Å². The van der Waals surface area contributed by atoms with Gasteiger partial charge in [-0.05, 0) is 48.2 Å². The monoisotopic (exact) mass is 385 g/mol. The molecule has 0 aromatic heterocycles. The minimum absolute atomic E-state index is 0.707. The lowest BCUT2D eigenvalue weighted by Gasteiger charge is -2.22. The van der Waals surface area contributed by atoms with E-state index in [1.54, 1.807) is 28.4 Å². The van der Waals surface area contributed by atoms with Crippen LogP contribution >= 0.6 is 0 Å². The molecule has 0 aliphatic heterocycles. The topological polar surface area (TPSA) is 55.3 Å². The molecule has 0 spiro atoms. The van der Waals surface area contributed by atoms with E-state index in [2.05, 4.69) is 33.4 Å². The number of hydrogen-bond donors (Lipinski definition) is 1. The second kappa shape index (κ2) is 10.4. The van der Waals surface area contributed by atoms with Crippen LogP contribution in [0.15, 0.2) is 41.4 Å². The molecule has 0 amide bonds. The summed E-state index contributed by atoms with van der Waals surface area (Å²) in [4.78, 5) is 6.51. The van der Waals surface area contributed by atoms with Crippen LogP contribution in [0.5, 0.6) is 17.2 Å². The van der Waals surface area contributed by atoms with Crippen molar-refractivity contribution < 1.29 is 14.2 Å². The smallest absolute Gasteiger partial charge is 0.193 e. The number of guanidine groups is 1. The van der Waals surface area contributed by atoms with Gasteiger partial charge in [0.25, 0.3) is 0 Å². The zero-order valence-corrected chi connectivity index (χ0v) is 17.7. The molecule has 2 aromatic rings. The maximum absolute atomic E-state index is 5.38. The third-order valence-corrected chi connectivity index (χ3v) is 4.67. The van der Waals surface area contributed by atoms with E-state index in [4.69, 9.17) is 14.2 Å². The average molecular weight is 386 g/mol. The van der Waals surface area contributed by atoms with Crippen molar-refractivity contribution in [2.24, 2.45) is 4.99 Å². The van der Waals surface area contributed by atoms with Crippen molar-refractivity contribution in [2.75, 3.05) is 42.0 Å². The Balaban J connectivity index is 1.93. The summed E-state index contributed by atoms with van der Waals surface area (Å²) in [5, 5.41) is 3.42. The Kier molecular flexibility index (Phi) is 7.99. The number of benzene rings is 2. The number of ether oxygens (including phenoxy) is 3. The summed E-state index contributed by atoms with van der Waals surface area (Å²) in [6.45, 7) is 3.58. The Bertz CT molecular complexity index is 806. The standard InChI is InChI=1S/C22H31N3O3/c1-16-13-18(8-9-19(16)26-4)15-24-22(23-2)25(3)12-11-17-7-10-20(27-5)21(14-17)28-6/h7-10,13-14H,11-12,15H2,1-6H3,(H,23,24). The van der Waals surface area contributed by atoms with Crippen LogP contribution in [0.3, 0.4) is 0 Å². The minimum atomic E-state index is 0.707. The predicted octanol–water partition coefficient (Wildman–Crippen LogP) is 3.27. The number of likely N-dealkylation sites (N-methyl/N-ethyl adjacent to an activating group) is 1. The lowest BCUT2D eigenvalue weighted by molar-refractivity contribution is 0.354. The molecule has 0 aliphatic carbocycles. The Morgan fingerprint density at radius 3 is 2.18 bits per heavy atom. The molecule has 28 heavy (non-hydrogen) atoms. The quantitative estimate of drug-likeness (QED) is 0.558. The van der Waals surface area contributed by atoms with Gasteiger partial charge >= 0.3 is 0 Å². The molecule has 0 radical (unpaired) electrons. The first kappa shape index (κ1) is 21.4. The maximum Gasteiger partial charge on any atom is 0.193 e. The highest BCUT2D eigenvalue weighted by Gasteiger charge is 2.09. The first-order chi connectivity index (χ1) is 13.5. The summed E-state index contributed by atoms with van der Waals surface area (Å²) < 4.78 is 16.0. The van der Waals surface area contributed by atoms with Crippen LogP contribution in [-0.4, -0.2) is 52.8 Å². The van der Waals surface area contributed by atoms with Gasteiger partial charge in [-0.25, -0.2) is 0 Å². The number of aryl methyl sites for hydroxylation is 1. The molecule has 152 valence electrons. The highest BCUT2D eigenvalue weighted by atomic mass is 16.5. The third kappa shape index (κ3) is 5.55. The number of hydrogen-bond acceptors (Lipinski definition) is 4. The van der Waals surface area contributed by atoms with Gasteiger partial charge < -0.3 is 24.4 Å². The normalized spacial score (nSPS) is 11.1. The van der Waals surface area contributed by atoms with Gasteiger partial charge in [0.05, 0.1) is 21.3 Å². The molecule has 6 heteroatoms. The molecule has 2 rings (SSSR count). The predicted molar refractivity (Wildman–Crippen MR) is 114 cm³/mol. The van der Waals surface area contributed by atoms with Gasteiger partial charge in [0.2, 0.25) is 0 Å². The van der Waals surface area contributed by atoms with E-state index >= 15 is 0 Å². The molecule has 6 nitrogen and oxygen atoms in total. The van der Waals surface area contributed by atoms with Crippen molar-refractivity contribution >= 4 is 5.96 Å². The second-order valence-corrected chi connectivity index (χ2v) is 6.57. The lowest BCUT2D eigenvalue weighted by atomic mass is 10.1. The summed E-state index contributed by atoms with van der Waals surface area (Å²) in [6, 6.07) is 12.2. The highest BCUT2D eigenvalue weighted by molar-refractivity contribution is 5.79. The van der Waals surface area contributed by atoms with Crippen LogP contribution in [0, 0.1) is 6.92 Å². The van der Waals surface area contributed by atoms with Gasteiger partial charge in [-0.1, -0.05) is 18.2 Å². The van der Waals surface area contributed by atoms with Gasteiger partial charge in [0.1, 0.15) is 5.75 Å². The summed E-state index contributed by atoms with van der Waals surface area (Å²) >= 11 is 0. The number of nitrogens with zero attached hydrogens (tertiary/aromatic N) is 2. The van der Waals surface area contributed by atoms with Gasteiger partial charge in [-0.3, -0.25) is 4.99 Å². The van der Waals surface area contributed by atoms with Crippen LogP contribution in [0.25, 0.3) is 0 Å². The van der Waals surface area contributed by atoms with Gasteiger partial charge in [-0.15, -0.1) is 0 Å². The van der Waals surface area contributed by atoms with Crippen molar-refractivity contribution in [3.8, 4) is 17.2 Å². The zero-order chi connectivity index (χ0) is 20.5. The van der Waals surface area contributed by atoms with E-state index in [0.717, 1.165) is 41.7 Å². The first-order valence-corrected chi connectivity index (χ1v) is 9.28. The molecule has 1 N–H and O–H groups in total. The fourth-order valence-corrected chi connectivity index (χ4v) is 3.06. The Morgan fingerprint density at radius 1 is 0.929 bits per heavy atom. The molecule has 2 aromatic carbocycles. The molecule has 0 saturated heterocycles. The van der Waals surface area contributed by atoms with E-state index < -0.39 is 0 Å². The fraction of sp³-hybridized carbons (Fsp3) is 0.409. The molecule has 0 bridgehead atoms. The Morgan fingerprint density at radius 2 is 1.57 bits per heavy atom. The van der Waals surface area contributed by atoms with Gasteiger partial charge in [0.15, 0.2) is 17.5 Å². The van der Waals surface area contributed by atoms with E-state index in [0.29, 0.717) is 6.54 Å². The van der Waals surface area contributed by atoms with Crippen molar-refractivity contribution in [3.63, 3.8) is 0 Å². The largest absolute Gasteiger partial charge is 0.496 e. The van der Waals surface area contributed by atoms with Crippen LogP contribution in [0.4, 0.5) is 0 Å². The molecule has 0 atom stereocenters. The summed E-state index contributed by atoms with van der Waals surface area (Å²) in [7, 11) is 8.82. The zero-order valence-electron chi connectivity index (χ0n) is 17.7. The second-order valence-electron chi connectivity index (χ2n) is 6.57. The van der Waals surface area contributed by atoms with Crippen LogP contribution in [-0.2, 0) is 13.0 Å². The van der Waals surface area contributed by atoms with E-state index in [1.807, 2.05) is 32.2 Å². The van der Waals surface area contributed by atoms with Crippen LogP contribution in [0.2, 0.25) is 0 Å². The van der Waals surface area contributed by atoms with E-state index in [9.17, 15) is 0 Å². The molecule has 0 saturated carbocycles. The van der Waals surface area contributed by atoms with Gasteiger partial charge in [0, 0.05) is 27.2 Å². The number of methoxy groups -OCH3 is 3. The molecule has 0 heterocycles. The van der Waals surface area contributed by atoms with Crippen molar-refractivity contribution in [3.05, 3.63) is 53.1 Å². The highest BCUT2D eigenvalue weighted by Crippen LogP contribution is 2.27. The first-order valence-electron chi connectivity index (χ1n) is 9.28. The Labute approximate surface area is 168 Å². The maximum atomic E-state index is 5.38. The third-order valence-electron chi connectivity index (χ3n) is 4.67. The molecular formula is C22H31N3O3. The molecule has 0 aliphatic rings. The van der Waals surface area contributed by atoms with E-state index in [1.165, 1.54) is 11.1 Å². The summed E-state index contributed by atoms with van der Waals surface area (Å²) in [5.41, 5.74) is 3.50. The molecule has 0 unspecified atom stereocenters. The number of nitrogens with one attached hydrogen (secondary N) is 1. The molecular weight excluding hydrogens is 354 g/mol. The minimum Gasteiger partial charge on any atom is -0.496 e. The number of aliphatic imine (C=N–C) groups is 1. The average Bonchev–Trinajstić information content (AvgIpc) is 2.72. The Hall–Kier alpha value is -2.89. The van der Waals surface area contributed by atoms with Crippen molar-refractivity contribution in [2.45, 2.75) is 19.9 Å². The van der Waals surface area contributed by atoms with Crippen LogP contribution in [0.1, 0.15) is 16.7 Å². The fourth-order valence-electron chi connectivity index (χ4n) is 3.06. The van der Waals surface area contributed by atoms with Gasteiger partial charge in [-0.2, -0.15) is 0 Å². The molecule has 0 fully saturated rings. The van der Waals surface area contributed by atoms with Crippen molar-refractivity contribution in [1.82, 2.24) is 10.2 Å². The lowest BCUT2D eigenvalue weighted by Crippen LogP contribution is -2.39. The summed E-state index contributed by atoms with van der Waals surface area (Å²) in [6.07, 6.45) is 0.874. The SMILES string of the molecule is CN=C(NCc1ccc(OC)c(C)c1)N(C)CCc1ccc(OC)c(OC)c1. The number of rotatable bonds is 8.